The molecule has 2 rings (SSSR count). The lowest BCUT2D eigenvalue weighted by Gasteiger charge is -2.10. The van der Waals surface area contributed by atoms with Gasteiger partial charge in [-0.1, -0.05) is 23.7 Å². The summed E-state index contributed by atoms with van der Waals surface area (Å²) in [6.07, 6.45) is 0. The fraction of sp³-hybridized carbons (Fsp3) is 0.0714. The number of para-hydroxylation sites is 1. The van der Waals surface area contributed by atoms with E-state index in [0.29, 0.717) is 22.1 Å². The van der Waals surface area contributed by atoms with Gasteiger partial charge in [-0.15, -0.1) is 0 Å². The molecule has 0 fully saturated rings. The maximum absolute atomic E-state index is 7.42. The fourth-order valence-electron chi connectivity index (χ4n) is 1.66. The van der Waals surface area contributed by atoms with E-state index in [0.717, 1.165) is 5.56 Å². The molecule has 3 nitrogen and oxygen atoms in total. The van der Waals surface area contributed by atoms with Crippen molar-refractivity contribution in [2.75, 3.05) is 0 Å². The molecule has 0 aliphatic heterocycles. The van der Waals surface area contributed by atoms with Gasteiger partial charge in [0.15, 0.2) is 0 Å². The fourth-order valence-corrected chi connectivity index (χ4v) is 1.83. The summed E-state index contributed by atoms with van der Waals surface area (Å²) in [5.41, 5.74) is 7.07. The summed E-state index contributed by atoms with van der Waals surface area (Å²) in [5, 5.41) is 7.98. The Kier molecular flexibility index (Phi) is 3.53. The Morgan fingerprint density at radius 3 is 2.56 bits per heavy atom. The first-order valence-electron chi connectivity index (χ1n) is 5.45. The topological polar surface area (TPSA) is 59.1 Å². The first kappa shape index (κ1) is 12.5. The molecule has 4 heteroatoms. The second-order valence-electron chi connectivity index (χ2n) is 3.92. The summed E-state index contributed by atoms with van der Waals surface area (Å²) in [6.45, 7) is 1.89. The van der Waals surface area contributed by atoms with Gasteiger partial charge >= 0.3 is 0 Å². The zero-order valence-corrected chi connectivity index (χ0v) is 10.7. The Morgan fingerprint density at radius 1 is 1.22 bits per heavy atom. The molecule has 0 radical (unpaired) electrons. The maximum atomic E-state index is 7.42. The lowest BCUT2D eigenvalue weighted by molar-refractivity contribution is 0.482. The number of nitrogens with one attached hydrogen (secondary N) is 1. The first-order chi connectivity index (χ1) is 8.58. The summed E-state index contributed by atoms with van der Waals surface area (Å²) in [4.78, 5) is 0. The molecule has 0 aliphatic rings. The number of hydrogen-bond acceptors (Lipinski definition) is 2. The van der Waals surface area contributed by atoms with Gasteiger partial charge in [0.2, 0.25) is 0 Å². The van der Waals surface area contributed by atoms with Crippen molar-refractivity contribution in [3.05, 3.63) is 58.6 Å². The van der Waals surface area contributed by atoms with Crippen molar-refractivity contribution in [1.82, 2.24) is 0 Å². The van der Waals surface area contributed by atoms with Gasteiger partial charge in [-0.25, -0.2) is 0 Å². The lowest BCUT2D eigenvalue weighted by Crippen LogP contribution is -2.12. The molecular weight excluding hydrogens is 248 g/mol. The highest BCUT2D eigenvalue weighted by Gasteiger charge is 2.05. The number of nitrogens with two attached hydrogens (primary N) is 1. The Balaban J connectivity index is 2.29. The lowest BCUT2D eigenvalue weighted by atomic mass is 10.1. The van der Waals surface area contributed by atoms with Crippen LogP contribution in [0.3, 0.4) is 0 Å². The van der Waals surface area contributed by atoms with Crippen molar-refractivity contribution in [3.8, 4) is 11.5 Å². The maximum Gasteiger partial charge on any atom is 0.146 e. The van der Waals surface area contributed by atoms with Crippen molar-refractivity contribution in [2.45, 2.75) is 6.92 Å². The molecule has 0 aromatic heterocycles. The first-order valence-corrected chi connectivity index (χ1v) is 5.83. The van der Waals surface area contributed by atoms with Crippen molar-refractivity contribution >= 4 is 17.4 Å². The molecular formula is C14H13ClN2O. The monoisotopic (exact) mass is 260 g/mol. The Labute approximate surface area is 111 Å². The molecule has 2 aromatic rings. The highest BCUT2D eigenvalue weighted by Crippen LogP contribution is 2.29. The Bertz CT molecular complexity index is 596. The van der Waals surface area contributed by atoms with E-state index in [9.17, 15) is 0 Å². The summed E-state index contributed by atoms with van der Waals surface area (Å²) in [6, 6.07) is 12.7. The largest absolute Gasteiger partial charge is 0.456 e. The van der Waals surface area contributed by atoms with Crippen molar-refractivity contribution in [2.24, 2.45) is 5.73 Å². The number of nitrogen functional groups attached to an aromatic ring is 1. The van der Waals surface area contributed by atoms with Crippen LogP contribution < -0.4 is 10.5 Å². The number of benzene rings is 2. The van der Waals surface area contributed by atoms with Crippen molar-refractivity contribution < 1.29 is 4.74 Å². The van der Waals surface area contributed by atoms with Crippen LogP contribution >= 0.6 is 11.6 Å². The third-order valence-electron chi connectivity index (χ3n) is 2.55. The molecule has 92 valence electrons. The average Bonchev–Trinajstić information content (AvgIpc) is 2.32. The number of halogens is 1. The van der Waals surface area contributed by atoms with Crippen LogP contribution in [-0.4, -0.2) is 5.84 Å². The minimum Gasteiger partial charge on any atom is -0.456 e. The molecule has 18 heavy (non-hydrogen) atoms. The van der Waals surface area contributed by atoms with Crippen LogP contribution in [0.1, 0.15) is 11.1 Å². The normalized spacial score (nSPS) is 10.1. The van der Waals surface area contributed by atoms with Crippen LogP contribution in [0.5, 0.6) is 11.5 Å². The quantitative estimate of drug-likeness (QED) is 0.653. The third kappa shape index (κ3) is 2.63. The summed E-state index contributed by atoms with van der Waals surface area (Å²) >= 11 is 6.02. The Morgan fingerprint density at radius 2 is 1.94 bits per heavy atom. The van der Waals surface area contributed by atoms with Crippen LogP contribution in [0.2, 0.25) is 5.02 Å². The molecule has 2 aromatic carbocycles. The standard InChI is InChI=1S/C14H13ClN2O/c1-9-8-10(6-7-11(9)14(16)17)18-13-5-3-2-4-12(13)15/h2-8H,1H3,(H3,16,17). The third-order valence-corrected chi connectivity index (χ3v) is 2.86. The van der Waals surface area contributed by atoms with E-state index in [2.05, 4.69) is 0 Å². The molecule has 0 saturated carbocycles. The molecule has 3 N–H and O–H groups in total. The number of hydrogen-bond donors (Lipinski definition) is 2. The van der Waals surface area contributed by atoms with Gasteiger partial charge in [0.05, 0.1) is 5.02 Å². The van der Waals surface area contributed by atoms with Gasteiger partial charge in [0.1, 0.15) is 17.3 Å². The van der Waals surface area contributed by atoms with Gasteiger partial charge in [-0.3, -0.25) is 5.41 Å². The number of aryl methyl sites for hydroxylation is 1. The molecule has 0 atom stereocenters. The van der Waals surface area contributed by atoms with E-state index >= 15 is 0 Å². The minimum absolute atomic E-state index is 0.0526. The van der Waals surface area contributed by atoms with E-state index < -0.39 is 0 Å². The Hall–Kier alpha value is -2.00. The average molecular weight is 261 g/mol. The summed E-state index contributed by atoms with van der Waals surface area (Å²) in [7, 11) is 0. The van der Waals surface area contributed by atoms with E-state index in [1.807, 2.05) is 25.1 Å². The number of amidine groups is 1. The van der Waals surface area contributed by atoms with Crippen LogP contribution in [0, 0.1) is 12.3 Å². The van der Waals surface area contributed by atoms with E-state index in [1.165, 1.54) is 0 Å². The van der Waals surface area contributed by atoms with Gasteiger partial charge < -0.3 is 10.5 Å². The van der Waals surface area contributed by atoms with Crippen molar-refractivity contribution in [3.63, 3.8) is 0 Å². The highest BCUT2D eigenvalue weighted by molar-refractivity contribution is 6.32. The SMILES string of the molecule is Cc1cc(Oc2ccccc2Cl)ccc1C(=N)N. The van der Waals surface area contributed by atoms with Crippen LogP contribution in [-0.2, 0) is 0 Å². The second-order valence-corrected chi connectivity index (χ2v) is 4.33. The van der Waals surface area contributed by atoms with Gasteiger partial charge in [-0.2, -0.15) is 0 Å². The zero-order valence-electron chi connectivity index (χ0n) is 9.91. The molecule has 0 unspecified atom stereocenters. The molecule has 0 amide bonds. The van der Waals surface area contributed by atoms with E-state index in [-0.39, 0.29) is 5.84 Å². The molecule has 0 heterocycles. The molecule has 0 saturated heterocycles. The van der Waals surface area contributed by atoms with Crippen LogP contribution in [0.4, 0.5) is 0 Å². The minimum atomic E-state index is 0.0526. The number of ether oxygens (including phenoxy) is 1. The summed E-state index contributed by atoms with van der Waals surface area (Å²) in [5.74, 6) is 1.33. The predicted molar refractivity (Wildman–Crippen MR) is 73.7 cm³/mol. The molecule has 0 aliphatic carbocycles. The smallest absolute Gasteiger partial charge is 0.146 e. The van der Waals surface area contributed by atoms with E-state index in [4.69, 9.17) is 27.5 Å². The summed E-state index contributed by atoms with van der Waals surface area (Å²) < 4.78 is 5.68. The van der Waals surface area contributed by atoms with Crippen molar-refractivity contribution in [1.29, 1.82) is 5.41 Å². The van der Waals surface area contributed by atoms with Gasteiger partial charge in [-0.05, 0) is 42.8 Å². The van der Waals surface area contributed by atoms with Gasteiger partial charge in [0.25, 0.3) is 0 Å². The highest BCUT2D eigenvalue weighted by atomic mass is 35.5. The number of rotatable bonds is 3. The zero-order chi connectivity index (χ0) is 13.1. The van der Waals surface area contributed by atoms with Crippen LogP contribution in [0.25, 0.3) is 0 Å². The second kappa shape index (κ2) is 5.10. The van der Waals surface area contributed by atoms with Gasteiger partial charge in [0, 0.05) is 5.56 Å². The van der Waals surface area contributed by atoms with Crippen LogP contribution in [0.15, 0.2) is 42.5 Å². The molecule has 0 bridgehead atoms. The van der Waals surface area contributed by atoms with E-state index in [1.54, 1.807) is 24.3 Å². The molecule has 0 spiro atoms. The predicted octanol–water partition coefficient (Wildman–Crippen LogP) is 3.72.